The van der Waals surface area contributed by atoms with Gasteiger partial charge >= 0.3 is 11.9 Å². The van der Waals surface area contributed by atoms with Crippen molar-refractivity contribution in [1.82, 2.24) is 5.32 Å². The maximum absolute atomic E-state index is 12.3. The van der Waals surface area contributed by atoms with Crippen LogP contribution in [-0.2, 0) is 19.1 Å². The summed E-state index contributed by atoms with van der Waals surface area (Å²) in [5.41, 5.74) is 0.0987. The van der Waals surface area contributed by atoms with Crippen LogP contribution in [0.3, 0.4) is 0 Å². The number of aliphatic carboxylic acids is 1. The summed E-state index contributed by atoms with van der Waals surface area (Å²) in [6, 6.07) is 3.47. The minimum atomic E-state index is -1.55. The number of rotatable bonds is 11. The normalized spacial score (nSPS) is 14.0. The molecule has 1 amide bonds. The van der Waals surface area contributed by atoms with Crippen molar-refractivity contribution in [2.75, 3.05) is 6.61 Å². The van der Waals surface area contributed by atoms with E-state index in [0.717, 1.165) is 0 Å². The van der Waals surface area contributed by atoms with E-state index in [4.69, 9.17) is 4.74 Å². The molecule has 0 aliphatic heterocycles. The third-order valence-corrected chi connectivity index (χ3v) is 4.19. The van der Waals surface area contributed by atoms with E-state index in [1.165, 1.54) is 24.3 Å². The number of esters is 1. The van der Waals surface area contributed by atoms with Gasteiger partial charge in [-0.3, -0.25) is 19.7 Å². The maximum atomic E-state index is 12.3. The van der Waals surface area contributed by atoms with Crippen LogP contribution in [0.1, 0.15) is 45.1 Å². The van der Waals surface area contributed by atoms with Crippen molar-refractivity contribution >= 4 is 23.5 Å². The van der Waals surface area contributed by atoms with E-state index >= 15 is 0 Å². The van der Waals surface area contributed by atoms with Crippen molar-refractivity contribution in [3.05, 3.63) is 39.9 Å². The second-order valence-corrected chi connectivity index (χ2v) is 6.93. The lowest BCUT2D eigenvalue weighted by Crippen LogP contribution is -2.49. The molecule has 1 rings (SSSR count). The van der Waals surface area contributed by atoms with E-state index in [-0.39, 0.29) is 31.1 Å². The van der Waals surface area contributed by atoms with E-state index in [1.807, 2.05) is 0 Å². The summed E-state index contributed by atoms with van der Waals surface area (Å²) < 4.78 is 4.89. The predicted molar refractivity (Wildman–Crippen MR) is 102 cm³/mol. The number of carboxylic acids is 1. The number of nitrogens with one attached hydrogen (secondary N) is 1. The third kappa shape index (κ3) is 7.49. The van der Waals surface area contributed by atoms with E-state index in [1.54, 1.807) is 20.8 Å². The van der Waals surface area contributed by atoms with Gasteiger partial charge in [0.25, 0.3) is 5.69 Å². The molecule has 0 radical (unpaired) electrons. The van der Waals surface area contributed by atoms with Crippen LogP contribution in [0.2, 0.25) is 0 Å². The minimum Gasteiger partial charge on any atom is -0.480 e. The lowest BCUT2D eigenvalue weighted by atomic mass is 9.88. The van der Waals surface area contributed by atoms with Gasteiger partial charge in [-0.2, -0.15) is 0 Å². The fourth-order valence-corrected chi connectivity index (χ4v) is 2.81. The number of nitro groups is 1. The van der Waals surface area contributed by atoms with E-state index in [0.29, 0.717) is 5.56 Å². The van der Waals surface area contributed by atoms with Crippen LogP contribution in [0, 0.1) is 16.0 Å². The van der Waals surface area contributed by atoms with Crippen molar-refractivity contribution < 1.29 is 34.3 Å². The van der Waals surface area contributed by atoms with E-state index < -0.39 is 40.8 Å². The minimum absolute atomic E-state index is 0.00373. The van der Waals surface area contributed by atoms with Crippen LogP contribution in [0.5, 0.6) is 0 Å². The van der Waals surface area contributed by atoms with Gasteiger partial charge in [0.1, 0.15) is 12.1 Å². The van der Waals surface area contributed by atoms with Crippen molar-refractivity contribution in [2.24, 2.45) is 5.92 Å². The summed E-state index contributed by atoms with van der Waals surface area (Å²) in [4.78, 5) is 46.4. The van der Waals surface area contributed by atoms with Gasteiger partial charge in [-0.25, -0.2) is 4.79 Å². The van der Waals surface area contributed by atoms with Gasteiger partial charge < -0.3 is 20.3 Å². The van der Waals surface area contributed by atoms with Crippen molar-refractivity contribution in [2.45, 2.75) is 51.7 Å². The lowest BCUT2D eigenvalue weighted by molar-refractivity contribution is -0.384. The number of aliphatic hydroxyl groups excluding tert-OH is 1. The molecule has 0 saturated heterocycles. The fraction of sp³-hybridized carbons (Fsp3) is 0.526. The van der Waals surface area contributed by atoms with Gasteiger partial charge in [0.2, 0.25) is 5.91 Å². The highest BCUT2D eigenvalue weighted by molar-refractivity contribution is 5.87. The van der Waals surface area contributed by atoms with Crippen molar-refractivity contribution in [3.63, 3.8) is 0 Å². The topological polar surface area (TPSA) is 156 Å². The molecule has 1 aromatic carbocycles. The Morgan fingerprint density at radius 3 is 2.24 bits per heavy atom. The zero-order chi connectivity index (χ0) is 22.1. The molecule has 3 N–H and O–H groups in total. The second-order valence-electron chi connectivity index (χ2n) is 6.93. The summed E-state index contributed by atoms with van der Waals surface area (Å²) in [7, 11) is 0. The monoisotopic (exact) mass is 410 g/mol. The molecule has 0 aliphatic carbocycles. The zero-order valence-electron chi connectivity index (χ0n) is 16.5. The van der Waals surface area contributed by atoms with Crippen molar-refractivity contribution in [1.29, 1.82) is 0 Å². The Balaban J connectivity index is 3.20. The Bertz CT molecular complexity index is 732. The van der Waals surface area contributed by atoms with Gasteiger partial charge in [0.15, 0.2) is 0 Å². The molecule has 0 spiro atoms. The van der Waals surface area contributed by atoms with Gasteiger partial charge in [-0.05, 0) is 24.8 Å². The molecule has 10 nitrogen and oxygen atoms in total. The molecule has 0 unspecified atom stereocenters. The van der Waals surface area contributed by atoms with E-state index in [2.05, 4.69) is 5.32 Å². The number of carbonyl (C=O) groups is 3. The SMILES string of the molecule is CCOC(=O)C[C@@H](c1ccc([N+](=O)[O-])cc1)[C@@H](NC(=O)[C@@H](O)CC(C)C)C(=O)O. The van der Waals surface area contributed by atoms with Crippen LogP contribution in [0.25, 0.3) is 0 Å². The number of carboxylic acid groups (broad SMARTS) is 1. The number of nitro benzene ring substituents is 1. The quantitative estimate of drug-likeness (QED) is 0.282. The second kappa shape index (κ2) is 11.1. The largest absolute Gasteiger partial charge is 0.480 e. The first-order chi connectivity index (χ1) is 13.6. The highest BCUT2D eigenvalue weighted by Crippen LogP contribution is 2.27. The highest BCUT2D eigenvalue weighted by atomic mass is 16.6. The summed E-state index contributed by atoms with van der Waals surface area (Å²) in [5.74, 6) is -4.02. The van der Waals surface area contributed by atoms with Crippen LogP contribution in [-0.4, -0.2) is 51.7 Å². The number of aliphatic hydroxyl groups is 1. The smallest absolute Gasteiger partial charge is 0.326 e. The van der Waals surface area contributed by atoms with Gasteiger partial charge in [0, 0.05) is 18.1 Å². The van der Waals surface area contributed by atoms with E-state index in [9.17, 15) is 34.7 Å². The Kier molecular flexibility index (Phi) is 9.20. The molecule has 10 heteroatoms. The first-order valence-corrected chi connectivity index (χ1v) is 9.18. The fourth-order valence-electron chi connectivity index (χ4n) is 2.81. The number of hydrogen-bond acceptors (Lipinski definition) is 7. The molecule has 0 bridgehead atoms. The number of non-ortho nitro benzene ring substituents is 1. The molecule has 160 valence electrons. The molecule has 1 aromatic rings. The third-order valence-electron chi connectivity index (χ3n) is 4.19. The Hall–Kier alpha value is -3.01. The highest BCUT2D eigenvalue weighted by Gasteiger charge is 2.34. The van der Waals surface area contributed by atoms with Crippen LogP contribution in [0.15, 0.2) is 24.3 Å². The molecule has 29 heavy (non-hydrogen) atoms. The first-order valence-electron chi connectivity index (χ1n) is 9.18. The summed E-state index contributed by atoms with van der Waals surface area (Å²) in [6.07, 6.45) is -1.64. The number of hydrogen-bond donors (Lipinski definition) is 3. The average Bonchev–Trinajstić information content (AvgIpc) is 2.63. The lowest BCUT2D eigenvalue weighted by Gasteiger charge is -2.26. The van der Waals surface area contributed by atoms with Crippen LogP contribution < -0.4 is 5.32 Å². The van der Waals surface area contributed by atoms with Gasteiger partial charge in [-0.15, -0.1) is 0 Å². The molecule has 3 atom stereocenters. The summed E-state index contributed by atoms with van der Waals surface area (Å²) >= 11 is 0. The standard InChI is InChI=1S/C19H26N2O8/c1-4-29-16(23)10-14(12-5-7-13(8-6-12)21(27)28)17(19(25)26)20-18(24)15(22)9-11(2)3/h5-8,11,14-15,17,22H,4,9-10H2,1-3H3,(H,20,24)(H,25,26)/t14-,15-,17+/m0/s1. The molecule has 0 heterocycles. The Morgan fingerprint density at radius 1 is 1.21 bits per heavy atom. The number of ether oxygens (including phenoxy) is 1. The maximum Gasteiger partial charge on any atom is 0.326 e. The number of amides is 1. The van der Waals surface area contributed by atoms with Gasteiger partial charge in [0.05, 0.1) is 18.0 Å². The first kappa shape index (κ1) is 24.0. The average molecular weight is 410 g/mol. The van der Waals surface area contributed by atoms with Crippen LogP contribution in [0.4, 0.5) is 5.69 Å². The molecule has 0 saturated carbocycles. The Labute approximate surface area is 168 Å². The summed E-state index contributed by atoms with van der Waals surface area (Å²) in [6.45, 7) is 5.28. The van der Waals surface area contributed by atoms with Crippen molar-refractivity contribution in [3.8, 4) is 0 Å². The molecule has 0 fully saturated rings. The predicted octanol–water partition coefficient (Wildman–Crippen LogP) is 1.61. The number of carbonyl (C=O) groups excluding carboxylic acids is 2. The van der Waals surface area contributed by atoms with Gasteiger partial charge in [-0.1, -0.05) is 26.0 Å². The Morgan fingerprint density at radius 2 is 1.79 bits per heavy atom. The number of nitrogens with zero attached hydrogens (tertiary/aromatic N) is 1. The molecule has 0 aromatic heterocycles. The summed E-state index contributed by atoms with van der Waals surface area (Å²) in [5, 5.41) is 32.7. The van der Waals surface area contributed by atoms with Crippen LogP contribution >= 0.6 is 0 Å². The molecular formula is C19H26N2O8. The molecule has 0 aliphatic rings. The zero-order valence-corrected chi connectivity index (χ0v) is 16.5. The number of benzene rings is 1. The molecular weight excluding hydrogens is 384 g/mol.